The summed E-state index contributed by atoms with van der Waals surface area (Å²) in [6.07, 6.45) is 5.75. The van der Waals surface area contributed by atoms with Crippen LogP contribution in [0.4, 0.5) is 0 Å². The molecule has 0 amide bonds. The van der Waals surface area contributed by atoms with Crippen LogP contribution in [-0.2, 0) is 0 Å². The van der Waals surface area contributed by atoms with Crippen molar-refractivity contribution in [1.29, 1.82) is 0 Å². The van der Waals surface area contributed by atoms with Crippen molar-refractivity contribution < 1.29 is 0 Å². The summed E-state index contributed by atoms with van der Waals surface area (Å²) in [5.41, 5.74) is 0.301. The molecule has 1 N–H and O–H groups in total. The summed E-state index contributed by atoms with van der Waals surface area (Å²) in [5, 5.41) is 3.59. The highest BCUT2D eigenvalue weighted by Gasteiger charge is 2.28. The monoisotopic (exact) mass is 183 g/mol. The predicted molar refractivity (Wildman–Crippen MR) is 58.9 cm³/mol. The first-order valence-electron chi connectivity index (χ1n) is 5.76. The number of hydrogen-bond donors (Lipinski definition) is 1. The fraction of sp³-hybridized carbons (Fsp3) is 1.00. The van der Waals surface area contributed by atoms with Gasteiger partial charge < -0.3 is 5.32 Å². The van der Waals surface area contributed by atoms with E-state index in [4.69, 9.17) is 0 Å². The second-order valence-corrected chi connectivity index (χ2v) is 5.62. The Balaban J connectivity index is 2.02. The Morgan fingerprint density at radius 1 is 1.15 bits per heavy atom. The number of hydrogen-bond acceptors (Lipinski definition) is 1. The molecule has 0 aromatic heterocycles. The van der Waals surface area contributed by atoms with Gasteiger partial charge in [-0.1, -0.05) is 19.8 Å². The Morgan fingerprint density at radius 2 is 1.77 bits per heavy atom. The molecule has 1 aliphatic rings. The highest BCUT2D eigenvalue weighted by atomic mass is 14.9. The van der Waals surface area contributed by atoms with Gasteiger partial charge in [0.05, 0.1) is 0 Å². The van der Waals surface area contributed by atoms with Gasteiger partial charge in [-0.15, -0.1) is 0 Å². The van der Waals surface area contributed by atoms with E-state index in [2.05, 4.69) is 33.0 Å². The fourth-order valence-corrected chi connectivity index (χ4v) is 2.13. The van der Waals surface area contributed by atoms with Crippen LogP contribution in [0.25, 0.3) is 0 Å². The summed E-state index contributed by atoms with van der Waals surface area (Å²) in [6.45, 7) is 10.3. The van der Waals surface area contributed by atoms with Crippen LogP contribution in [0.3, 0.4) is 0 Å². The average Bonchev–Trinajstić information content (AvgIpc) is 1.91. The van der Waals surface area contributed by atoms with Crippen molar-refractivity contribution in [2.45, 2.75) is 58.9 Å². The molecule has 0 heterocycles. The zero-order valence-electron chi connectivity index (χ0n) is 9.69. The molecule has 13 heavy (non-hydrogen) atoms. The predicted octanol–water partition coefficient (Wildman–Crippen LogP) is 3.20. The average molecular weight is 183 g/mol. The van der Waals surface area contributed by atoms with E-state index < -0.39 is 0 Å². The molecule has 0 bridgehead atoms. The Bertz CT molecular complexity index is 140. The van der Waals surface area contributed by atoms with E-state index in [9.17, 15) is 0 Å². The molecule has 1 aliphatic carbocycles. The summed E-state index contributed by atoms with van der Waals surface area (Å²) < 4.78 is 0. The molecule has 0 aromatic carbocycles. The van der Waals surface area contributed by atoms with Gasteiger partial charge in [0.1, 0.15) is 0 Å². The summed E-state index contributed by atoms with van der Waals surface area (Å²) >= 11 is 0. The van der Waals surface area contributed by atoms with E-state index >= 15 is 0 Å². The molecular formula is C12H25N. The minimum Gasteiger partial charge on any atom is -0.312 e. The lowest BCUT2D eigenvalue weighted by atomic mass is 9.72. The van der Waals surface area contributed by atoms with Gasteiger partial charge in [-0.25, -0.2) is 0 Å². The van der Waals surface area contributed by atoms with Crippen molar-refractivity contribution in [3.8, 4) is 0 Å². The Labute approximate surface area is 83.3 Å². The van der Waals surface area contributed by atoms with Crippen molar-refractivity contribution in [1.82, 2.24) is 5.32 Å². The second kappa shape index (κ2) is 4.45. The van der Waals surface area contributed by atoms with E-state index in [1.165, 1.54) is 32.2 Å². The van der Waals surface area contributed by atoms with Crippen LogP contribution in [0.15, 0.2) is 0 Å². The topological polar surface area (TPSA) is 12.0 Å². The molecule has 1 heteroatoms. The Morgan fingerprint density at radius 3 is 2.23 bits per heavy atom. The van der Waals surface area contributed by atoms with E-state index in [0.29, 0.717) is 5.54 Å². The molecule has 0 spiro atoms. The van der Waals surface area contributed by atoms with Gasteiger partial charge in [-0.05, 0) is 52.0 Å². The molecule has 0 radical (unpaired) electrons. The fourth-order valence-electron chi connectivity index (χ4n) is 2.13. The lowest BCUT2D eigenvalue weighted by Crippen LogP contribution is -2.42. The molecule has 0 aliphatic heterocycles. The van der Waals surface area contributed by atoms with Gasteiger partial charge in [0, 0.05) is 5.54 Å². The quantitative estimate of drug-likeness (QED) is 0.706. The summed E-state index contributed by atoms with van der Waals surface area (Å²) in [7, 11) is 0. The third-order valence-electron chi connectivity index (χ3n) is 2.95. The van der Waals surface area contributed by atoms with Gasteiger partial charge in [-0.3, -0.25) is 0 Å². The van der Waals surface area contributed by atoms with Crippen LogP contribution in [-0.4, -0.2) is 12.1 Å². The van der Waals surface area contributed by atoms with Gasteiger partial charge in [0.2, 0.25) is 0 Å². The number of nitrogens with one attached hydrogen (secondary N) is 1. The molecular weight excluding hydrogens is 158 g/mol. The van der Waals surface area contributed by atoms with E-state index in [0.717, 1.165) is 11.8 Å². The molecule has 0 saturated heterocycles. The SMILES string of the molecule is CCCC1CC(CNC(C)(C)C)C1. The van der Waals surface area contributed by atoms with Gasteiger partial charge in [-0.2, -0.15) is 0 Å². The zero-order chi connectivity index (χ0) is 9.90. The first kappa shape index (κ1) is 11.0. The van der Waals surface area contributed by atoms with Crippen LogP contribution < -0.4 is 5.32 Å². The van der Waals surface area contributed by atoms with E-state index in [1.54, 1.807) is 0 Å². The first-order chi connectivity index (χ1) is 6.01. The normalized spacial score (nSPS) is 28.6. The second-order valence-electron chi connectivity index (χ2n) is 5.62. The van der Waals surface area contributed by atoms with E-state index in [-0.39, 0.29) is 0 Å². The lowest BCUT2D eigenvalue weighted by Gasteiger charge is -2.37. The van der Waals surface area contributed by atoms with E-state index in [1.807, 2.05) is 0 Å². The molecule has 1 rings (SSSR count). The maximum Gasteiger partial charge on any atom is 0.00966 e. The summed E-state index contributed by atoms with van der Waals surface area (Å²) in [4.78, 5) is 0. The lowest BCUT2D eigenvalue weighted by molar-refractivity contribution is 0.166. The zero-order valence-corrected chi connectivity index (χ0v) is 9.69. The summed E-state index contributed by atoms with van der Waals surface area (Å²) in [6, 6.07) is 0. The molecule has 0 aromatic rings. The standard InChI is InChI=1S/C12H25N/c1-5-6-10-7-11(8-10)9-13-12(2,3)4/h10-11,13H,5-9H2,1-4H3. The maximum absolute atomic E-state index is 3.59. The minimum atomic E-state index is 0.301. The van der Waals surface area contributed by atoms with Crippen molar-refractivity contribution in [2.24, 2.45) is 11.8 Å². The van der Waals surface area contributed by atoms with Crippen LogP contribution in [0, 0.1) is 11.8 Å². The molecule has 0 atom stereocenters. The smallest absolute Gasteiger partial charge is 0.00966 e. The highest BCUT2D eigenvalue weighted by Crippen LogP contribution is 2.36. The van der Waals surface area contributed by atoms with Gasteiger partial charge in [0.15, 0.2) is 0 Å². The van der Waals surface area contributed by atoms with Crippen LogP contribution in [0.2, 0.25) is 0 Å². The first-order valence-corrected chi connectivity index (χ1v) is 5.76. The van der Waals surface area contributed by atoms with Gasteiger partial charge in [0.25, 0.3) is 0 Å². The third kappa shape index (κ3) is 4.12. The summed E-state index contributed by atoms with van der Waals surface area (Å²) in [5.74, 6) is 2.02. The van der Waals surface area contributed by atoms with Crippen LogP contribution in [0.5, 0.6) is 0 Å². The van der Waals surface area contributed by atoms with Crippen molar-refractivity contribution in [3.63, 3.8) is 0 Å². The Hall–Kier alpha value is -0.0400. The number of rotatable bonds is 4. The van der Waals surface area contributed by atoms with Crippen molar-refractivity contribution in [3.05, 3.63) is 0 Å². The third-order valence-corrected chi connectivity index (χ3v) is 2.95. The van der Waals surface area contributed by atoms with Gasteiger partial charge >= 0.3 is 0 Å². The maximum atomic E-state index is 3.59. The Kier molecular flexibility index (Phi) is 3.78. The van der Waals surface area contributed by atoms with Crippen LogP contribution in [0.1, 0.15) is 53.4 Å². The van der Waals surface area contributed by atoms with Crippen molar-refractivity contribution >= 4 is 0 Å². The largest absolute Gasteiger partial charge is 0.312 e. The van der Waals surface area contributed by atoms with Crippen LogP contribution >= 0.6 is 0 Å². The molecule has 78 valence electrons. The molecule has 1 nitrogen and oxygen atoms in total. The highest BCUT2D eigenvalue weighted by molar-refractivity contribution is 4.83. The molecule has 1 fully saturated rings. The molecule has 1 saturated carbocycles. The minimum absolute atomic E-state index is 0.301. The molecule has 0 unspecified atom stereocenters. The van der Waals surface area contributed by atoms with Crippen molar-refractivity contribution in [2.75, 3.05) is 6.54 Å².